The lowest BCUT2D eigenvalue weighted by Gasteiger charge is -2.31. The maximum absolute atomic E-state index is 5.60. The lowest BCUT2D eigenvalue weighted by molar-refractivity contribution is -0.0288. The van der Waals surface area contributed by atoms with E-state index in [0.29, 0.717) is 31.5 Å². The minimum Gasteiger partial charge on any atom is -0.374 e. The van der Waals surface area contributed by atoms with Crippen LogP contribution in [0.25, 0.3) is 0 Å². The van der Waals surface area contributed by atoms with E-state index >= 15 is 0 Å². The Morgan fingerprint density at radius 3 is 3.00 bits per heavy atom. The summed E-state index contributed by atoms with van der Waals surface area (Å²) in [5, 5.41) is 3.95. The average Bonchev–Trinajstić information content (AvgIpc) is 2.78. The van der Waals surface area contributed by atoms with Crippen LogP contribution in [0.4, 0.5) is 0 Å². The topological polar surface area (TPSA) is 77.4 Å². The van der Waals surface area contributed by atoms with Crippen LogP contribution < -0.4 is 5.73 Å². The molecule has 1 aliphatic rings. The molecule has 2 rings (SSSR count). The molecule has 0 spiro atoms. The number of ether oxygens (including phenoxy) is 1. The summed E-state index contributed by atoms with van der Waals surface area (Å²) in [5.41, 5.74) is 5.60. The summed E-state index contributed by atoms with van der Waals surface area (Å²) in [7, 11) is 0. The molecule has 0 saturated carbocycles. The molecule has 1 saturated heterocycles. The average molecular weight is 240 g/mol. The summed E-state index contributed by atoms with van der Waals surface area (Å²) in [6, 6.07) is 0. The molecule has 1 fully saturated rings. The number of hydrogen-bond acceptors (Lipinski definition) is 6. The molecule has 96 valence electrons. The summed E-state index contributed by atoms with van der Waals surface area (Å²) in [6.07, 6.45) is 0.122. The van der Waals surface area contributed by atoms with Gasteiger partial charge in [0.25, 0.3) is 0 Å². The molecule has 0 bridgehead atoms. The molecule has 1 atom stereocenters. The van der Waals surface area contributed by atoms with Crippen LogP contribution in [0.5, 0.6) is 0 Å². The monoisotopic (exact) mass is 240 g/mol. The van der Waals surface area contributed by atoms with Gasteiger partial charge >= 0.3 is 0 Å². The fourth-order valence-corrected chi connectivity index (χ4v) is 1.82. The maximum atomic E-state index is 5.60. The van der Waals surface area contributed by atoms with Crippen LogP contribution in [0.3, 0.4) is 0 Å². The number of aromatic nitrogens is 2. The molecule has 0 aromatic carbocycles. The lowest BCUT2D eigenvalue weighted by atomic mass is 10.2. The van der Waals surface area contributed by atoms with Gasteiger partial charge in [-0.05, 0) is 0 Å². The highest BCUT2D eigenvalue weighted by atomic mass is 16.5. The summed E-state index contributed by atoms with van der Waals surface area (Å²) < 4.78 is 10.7. The predicted molar refractivity (Wildman–Crippen MR) is 62.5 cm³/mol. The summed E-state index contributed by atoms with van der Waals surface area (Å²) >= 11 is 0. The summed E-state index contributed by atoms with van der Waals surface area (Å²) in [6.45, 7) is 7.76. The van der Waals surface area contributed by atoms with E-state index in [1.807, 2.05) is 13.8 Å². The SMILES string of the molecule is CC(C)c1noc(CN2CCOC(CN)C2)n1. The van der Waals surface area contributed by atoms with Crippen molar-refractivity contribution in [3.05, 3.63) is 11.7 Å². The van der Waals surface area contributed by atoms with Crippen molar-refractivity contribution in [3.63, 3.8) is 0 Å². The third-order valence-corrected chi connectivity index (χ3v) is 2.84. The third kappa shape index (κ3) is 3.24. The second-order valence-electron chi connectivity index (χ2n) is 4.66. The molecule has 1 aliphatic heterocycles. The lowest BCUT2D eigenvalue weighted by Crippen LogP contribution is -2.45. The molecule has 2 heterocycles. The zero-order valence-electron chi connectivity index (χ0n) is 10.4. The smallest absolute Gasteiger partial charge is 0.240 e. The molecule has 6 nitrogen and oxygen atoms in total. The van der Waals surface area contributed by atoms with Crippen molar-refractivity contribution in [2.24, 2.45) is 5.73 Å². The van der Waals surface area contributed by atoms with Gasteiger partial charge in [-0.3, -0.25) is 4.90 Å². The first-order chi connectivity index (χ1) is 8.19. The number of nitrogens with zero attached hydrogens (tertiary/aromatic N) is 3. The molecular formula is C11H20N4O2. The van der Waals surface area contributed by atoms with Crippen molar-refractivity contribution in [2.45, 2.75) is 32.4 Å². The summed E-state index contributed by atoms with van der Waals surface area (Å²) in [4.78, 5) is 6.60. The van der Waals surface area contributed by atoms with E-state index in [1.165, 1.54) is 0 Å². The quantitative estimate of drug-likeness (QED) is 0.818. The second-order valence-corrected chi connectivity index (χ2v) is 4.66. The Balaban J connectivity index is 1.91. The van der Waals surface area contributed by atoms with Crippen molar-refractivity contribution in [1.29, 1.82) is 0 Å². The van der Waals surface area contributed by atoms with Gasteiger partial charge in [-0.25, -0.2) is 0 Å². The van der Waals surface area contributed by atoms with Crippen LogP contribution in [0.15, 0.2) is 4.52 Å². The third-order valence-electron chi connectivity index (χ3n) is 2.84. The molecule has 6 heteroatoms. The molecule has 1 unspecified atom stereocenters. The number of rotatable bonds is 4. The van der Waals surface area contributed by atoms with Gasteiger partial charge < -0.3 is 15.0 Å². The van der Waals surface area contributed by atoms with Crippen LogP contribution >= 0.6 is 0 Å². The van der Waals surface area contributed by atoms with Gasteiger partial charge in [0.05, 0.1) is 19.3 Å². The Morgan fingerprint density at radius 1 is 1.53 bits per heavy atom. The highest BCUT2D eigenvalue weighted by molar-refractivity contribution is 4.92. The van der Waals surface area contributed by atoms with E-state index in [1.54, 1.807) is 0 Å². The molecule has 1 aromatic rings. The van der Waals surface area contributed by atoms with E-state index in [2.05, 4.69) is 15.0 Å². The number of morpholine rings is 1. The van der Waals surface area contributed by atoms with E-state index in [-0.39, 0.29) is 6.10 Å². The van der Waals surface area contributed by atoms with Gasteiger partial charge in [-0.2, -0.15) is 4.98 Å². The normalized spacial score (nSPS) is 22.2. The van der Waals surface area contributed by atoms with Gasteiger partial charge in [0.1, 0.15) is 0 Å². The Labute approximate surface area is 101 Å². The highest BCUT2D eigenvalue weighted by Gasteiger charge is 2.21. The van der Waals surface area contributed by atoms with Crippen molar-refractivity contribution < 1.29 is 9.26 Å². The van der Waals surface area contributed by atoms with Crippen molar-refractivity contribution >= 4 is 0 Å². The molecule has 17 heavy (non-hydrogen) atoms. The van der Waals surface area contributed by atoms with E-state index in [9.17, 15) is 0 Å². The van der Waals surface area contributed by atoms with Gasteiger partial charge in [-0.15, -0.1) is 0 Å². The van der Waals surface area contributed by atoms with Gasteiger partial charge in [-0.1, -0.05) is 19.0 Å². The first-order valence-corrected chi connectivity index (χ1v) is 6.05. The van der Waals surface area contributed by atoms with Crippen LogP contribution in [0.2, 0.25) is 0 Å². The Kier molecular flexibility index (Phi) is 4.09. The van der Waals surface area contributed by atoms with E-state index < -0.39 is 0 Å². The maximum Gasteiger partial charge on any atom is 0.240 e. The van der Waals surface area contributed by atoms with E-state index in [4.69, 9.17) is 15.0 Å². The molecule has 1 aromatic heterocycles. The minimum absolute atomic E-state index is 0.122. The van der Waals surface area contributed by atoms with Crippen LogP contribution in [-0.4, -0.2) is 47.4 Å². The second kappa shape index (κ2) is 5.57. The standard InChI is InChI=1S/C11H20N4O2/c1-8(2)11-13-10(17-14-11)7-15-3-4-16-9(5-12)6-15/h8-9H,3-7,12H2,1-2H3. The highest BCUT2D eigenvalue weighted by Crippen LogP contribution is 2.12. The van der Waals surface area contributed by atoms with Crippen LogP contribution in [0, 0.1) is 0 Å². The van der Waals surface area contributed by atoms with Gasteiger partial charge in [0.2, 0.25) is 5.89 Å². The number of nitrogens with two attached hydrogens (primary N) is 1. The molecule has 0 amide bonds. The number of hydrogen-bond donors (Lipinski definition) is 1. The Hall–Kier alpha value is -0.980. The zero-order valence-corrected chi connectivity index (χ0v) is 10.4. The van der Waals surface area contributed by atoms with Gasteiger partial charge in [0, 0.05) is 25.6 Å². The van der Waals surface area contributed by atoms with Crippen LogP contribution in [-0.2, 0) is 11.3 Å². The van der Waals surface area contributed by atoms with Crippen molar-refractivity contribution in [2.75, 3.05) is 26.2 Å². The van der Waals surface area contributed by atoms with Crippen molar-refractivity contribution in [1.82, 2.24) is 15.0 Å². The predicted octanol–water partition coefficient (Wildman–Crippen LogP) is 0.353. The molecule has 0 aliphatic carbocycles. The van der Waals surface area contributed by atoms with E-state index in [0.717, 1.165) is 18.9 Å². The Morgan fingerprint density at radius 2 is 2.35 bits per heavy atom. The van der Waals surface area contributed by atoms with Gasteiger partial charge in [0.15, 0.2) is 5.82 Å². The fourth-order valence-electron chi connectivity index (χ4n) is 1.82. The minimum atomic E-state index is 0.122. The zero-order chi connectivity index (χ0) is 12.3. The van der Waals surface area contributed by atoms with Crippen molar-refractivity contribution in [3.8, 4) is 0 Å². The first kappa shape index (κ1) is 12.5. The summed E-state index contributed by atoms with van der Waals surface area (Å²) in [5.74, 6) is 1.74. The Bertz CT molecular complexity index is 353. The molecular weight excluding hydrogens is 220 g/mol. The fraction of sp³-hybridized carbons (Fsp3) is 0.818. The molecule has 0 radical (unpaired) electrons. The first-order valence-electron chi connectivity index (χ1n) is 6.05. The van der Waals surface area contributed by atoms with Crippen LogP contribution in [0.1, 0.15) is 31.5 Å². The molecule has 2 N–H and O–H groups in total. The largest absolute Gasteiger partial charge is 0.374 e.